The van der Waals surface area contributed by atoms with E-state index in [1.165, 1.54) is 25.5 Å². The highest BCUT2D eigenvalue weighted by Crippen LogP contribution is 2.37. The number of hydrogen-bond donors (Lipinski definition) is 1. The van der Waals surface area contributed by atoms with Crippen molar-refractivity contribution in [3.05, 3.63) is 116 Å². The zero-order valence-corrected chi connectivity index (χ0v) is 26.5. The lowest BCUT2D eigenvalue weighted by Gasteiger charge is -2.23. The number of hydrogen-bond acceptors (Lipinski definition) is 6. The van der Waals surface area contributed by atoms with Gasteiger partial charge in [0.25, 0.3) is 15.9 Å². The number of nitrogens with one attached hydrogen (secondary N) is 1. The molecule has 0 fully saturated rings. The Hall–Kier alpha value is -3.57. The Labute approximate surface area is 263 Å². The predicted molar refractivity (Wildman–Crippen MR) is 169 cm³/mol. The van der Waals surface area contributed by atoms with Crippen molar-refractivity contribution in [1.29, 1.82) is 0 Å². The van der Waals surface area contributed by atoms with Crippen molar-refractivity contribution in [2.24, 2.45) is 5.10 Å². The van der Waals surface area contributed by atoms with Gasteiger partial charge in [-0.3, -0.25) is 9.10 Å². The number of carbonyl (C=O) groups is 1. The van der Waals surface area contributed by atoms with E-state index in [0.29, 0.717) is 37.3 Å². The lowest BCUT2D eigenvalue weighted by molar-refractivity contribution is -0.119. The molecule has 0 radical (unpaired) electrons. The third-order valence-electron chi connectivity index (χ3n) is 5.96. The van der Waals surface area contributed by atoms with Gasteiger partial charge < -0.3 is 9.47 Å². The van der Waals surface area contributed by atoms with Crippen LogP contribution in [0.15, 0.2) is 99.4 Å². The summed E-state index contributed by atoms with van der Waals surface area (Å²) < 4.78 is 40.0. The van der Waals surface area contributed by atoms with Crippen LogP contribution in [0.5, 0.6) is 11.5 Å². The predicted octanol–water partition coefficient (Wildman–Crippen LogP) is 7.00. The van der Waals surface area contributed by atoms with Gasteiger partial charge in [0.05, 0.1) is 38.4 Å². The van der Waals surface area contributed by atoms with Gasteiger partial charge in [0.15, 0.2) is 11.5 Å². The molecule has 0 aliphatic rings. The lowest BCUT2D eigenvalue weighted by Crippen LogP contribution is -2.39. The summed E-state index contributed by atoms with van der Waals surface area (Å²) >= 11 is 15.6. The van der Waals surface area contributed by atoms with Gasteiger partial charge in [-0.15, -0.1) is 0 Å². The fraction of sp³-hybridized carbons (Fsp3) is 0.133. The molecule has 0 saturated heterocycles. The van der Waals surface area contributed by atoms with E-state index in [1.54, 1.807) is 66.7 Å². The van der Waals surface area contributed by atoms with Gasteiger partial charge in [0.1, 0.15) is 13.2 Å². The monoisotopic (exact) mass is 689 g/mol. The summed E-state index contributed by atoms with van der Waals surface area (Å²) in [5.41, 5.74) is 5.08. The number of halogens is 3. The quantitative estimate of drug-likeness (QED) is 0.135. The van der Waals surface area contributed by atoms with E-state index in [0.717, 1.165) is 15.4 Å². The fourth-order valence-electron chi connectivity index (χ4n) is 3.83. The lowest BCUT2D eigenvalue weighted by atomic mass is 10.2. The summed E-state index contributed by atoms with van der Waals surface area (Å²) in [4.78, 5) is 12.9. The molecule has 4 aromatic rings. The standard InChI is InChI=1S/C30H26BrCl2N3O5S/c1-20-8-11-24(12-9-20)42(38,39)36(23-6-4-3-5-7-23)18-29(37)35-34-17-22-14-25(31)30(28(16-22)40-2)41-19-21-10-13-26(32)27(33)15-21/h3-17H,18-19H2,1-2H3,(H,35,37)/b34-17-. The van der Waals surface area contributed by atoms with Gasteiger partial charge in [-0.2, -0.15) is 5.10 Å². The zero-order chi connectivity index (χ0) is 30.3. The Morgan fingerprint density at radius 3 is 2.38 bits per heavy atom. The van der Waals surface area contributed by atoms with Crippen LogP contribution in [0.25, 0.3) is 0 Å². The van der Waals surface area contributed by atoms with Crippen LogP contribution >= 0.6 is 39.1 Å². The minimum absolute atomic E-state index is 0.0756. The molecule has 0 aromatic heterocycles. The third-order valence-corrected chi connectivity index (χ3v) is 9.08. The Balaban J connectivity index is 1.47. The summed E-state index contributed by atoms with van der Waals surface area (Å²) in [5, 5.41) is 4.90. The van der Waals surface area contributed by atoms with Crippen LogP contribution in [-0.2, 0) is 21.4 Å². The maximum absolute atomic E-state index is 13.5. The van der Waals surface area contributed by atoms with E-state index >= 15 is 0 Å². The zero-order valence-electron chi connectivity index (χ0n) is 22.6. The topological polar surface area (TPSA) is 97.3 Å². The van der Waals surface area contributed by atoms with Crippen LogP contribution in [0.4, 0.5) is 5.69 Å². The first-order valence-electron chi connectivity index (χ1n) is 12.5. The van der Waals surface area contributed by atoms with Crippen molar-refractivity contribution >= 4 is 67.0 Å². The van der Waals surface area contributed by atoms with E-state index in [9.17, 15) is 13.2 Å². The van der Waals surface area contributed by atoms with Crippen molar-refractivity contribution in [2.75, 3.05) is 18.0 Å². The molecule has 0 bridgehead atoms. The second-order valence-corrected chi connectivity index (χ2v) is 12.6. The van der Waals surface area contributed by atoms with Crippen LogP contribution in [-0.4, -0.2) is 34.2 Å². The average molecular weight is 691 g/mol. The molecule has 42 heavy (non-hydrogen) atoms. The largest absolute Gasteiger partial charge is 0.493 e. The molecule has 1 N–H and O–H groups in total. The van der Waals surface area contributed by atoms with Crippen LogP contribution in [0.1, 0.15) is 16.7 Å². The third kappa shape index (κ3) is 7.83. The molecule has 0 atom stereocenters. The maximum Gasteiger partial charge on any atom is 0.264 e. The first-order valence-corrected chi connectivity index (χ1v) is 15.5. The molecule has 218 valence electrons. The van der Waals surface area contributed by atoms with Crippen LogP contribution in [0.2, 0.25) is 10.0 Å². The van der Waals surface area contributed by atoms with Gasteiger partial charge in [-0.05, 0) is 82.5 Å². The molecule has 8 nitrogen and oxygen atoms in total. The molecule has 0 heterocycles. The Morgan fingerprint density at radius 2 is 1.71 bits per heavy atom. The molecular formula is C30H26BrCl2N3O5S. The van der Waals surface area contributed by atoms with Gasteiger partial charge in [0, 0.05) is 0 Å². The average Bonchev–Trinajstić information content (AvgIpc) is 2.97. The van der Waals surface area contributed by atoms with Crippen LogP contribution in [0, 0.1) is 6.92 Å². The van der Waals surface area contributed by atoms with E-state index in [-0.39, 0.29) is 11.5 Å². The summed E-state index contributed by atoms with van der Waals surface area (Å²) in [5.74, 6) is 0.264. The highest BCUT2D eigenvalue weighted by atomic mass is 79.9. The number of anilines is 1. The van der Waals surface area contributed by atoms with Crippen molar-refractivity contribution in [1.82, 2.24) is 5.43 Å². The van der Waals surface area contributed by atoms with E-state index in [2.05, 4.69) is 26.5 Å². The number of rotatable bonds is 11. The minimum Gasteiger partial charge on any atom is -0.493 e. The SMILES string of the molecule is COc1cc(/C=N\NC(=O)CN(c2ccccc2)S(=O)(=O)c2ccc(C)cc2)cc(Br)c1OCc1ccc(Cl)c(Cl)c1. The molecule has 0 unspecified atom stereocenters. The number of para-hydroxylation sites is 1. The summed E-state index contributed by atoms with van der Waals surface area (Å²) in [6.45, 7) is 1.61. The molecule has 1 amide bonds. The van der Waals surface area contributed by atoms with Gasteiger partial charge in [-0.25, -0.2) is 13.8 Å². The van der Waals surface area contributed by atoms with Gasteiger partial charge in [-0.1, -0.05) is 65.2 Å². The number of amides is 1. The number of methoxy groups -OCH3 is 1. The summed E-state index contributed by atoms with van der Waals surface area (Å²) in [7, 11) is -2.52. The number of sulfonamides is 1. The van der Waals surface area contributed by atoms with Gasteiger partial charge in [0.2, 0.25) is 0 Å². The first-order chi connectivity index (χ1) is 20.1. The highest BCUT2D eigenvalue weighted by Gasteiger charge is 2.27. The molecule has 4 rings (SSSR count). The first kappa shape index (κ1) is 31.4. The molecule has 0 spiro atoms. The number of hydrazone groups is 1. The molecule has 0 aliphatic carbocycles. The Morgan fingerprint density at radius 1 is 1.00 bits per heavy atom. The maximum atomic E-state index is 13.5. The molecular weight excluding hydrogens is 665 g/mol. The molecule has 0 aliphatic heterocycles. The van der Waals surface area contributed by atoms with Crippen LogP contribution < -0.4 is 19.2 Å². The molecule has 0 saturated carbocycles. The second-order valence-electron chi connectivity index (χ2n) is 9.02. The Bertz CT molecular complexity index is 1700. The van der Waals surface area contributed by atoms with Crippen molar-refractivity contribution in [2.45, 2.75) is 18.4 Å². The number of carbonyl (C=O) groups excluding carboxylic acids is 1. The highest BCUT2D eigenvalue weighted by molar-refractivity contribution is 9.10. The second kappa shape index (κ2) is 14.1. The molecule has 4 aromatic carbocycles. The van der Waals surface area contributed by atoms with Crippen LogP contribution in [0.3, 0.4) is 0 Å². The molecule has 12 heteroatoms. The number of benzene rings is 4. The number of aryl methyl sites for hydroxylation is 1. The van der Waals surface area contributed by atoms with Gasteiger partial charge >= 0.3 is 0 Å². The summed E-state index contributed by atoms with van der Waals surface area (Å²) in [6, 6.07) is 23.5. The van der Waals surface area contributed by atoms with E-state index in [1.807, 2.05) is 13.0 Å². The normalized spacial score (nSPS) is 11.4. The van der Waals surface area contributed by atoms with Crippen molar-refractivity contribution in [3.63, 3.8) is 0 Å². The minimum atomic E-state index is -4.02. The smallest absolute Gasteiger partial charge is 0.264 e. The van der Waals surface area contributed by atoms with Crippen molar-refractivity contribution < 1.29 is 22.7 Å². The van der Waals surface area contributed by atoms with E-state index < -0.39 is 22.5 Å². The van der Waals surface area contributed by atoms with Crippen molar-refractivity contribution in [3.8, 4) is 11.5 Å². The number of ether oxygens (including phenoxy) is 2. The summed E-state index contributed by atoms with van der Waals surface area (Å²) in [6.07, 6.45) is 1.41. The van der Waals surface area contributed by atoms with E-state index in [4.69, 9.17) is 32.7 Å². The Kier molecular flexibility index (Phi) is 10.5. The number of nitrogens with zero attached hydrogens (tertiary/aromatic N) is 2. The fourth-order valence-corrected chi connectivity index (χ4v) is 6.15.